The van der Waals surface area contributed by atoms with Crippen molar-refractivity contribution in [1.29, 1.82) is 0 Å². The zero-order chi connectivity index (χ0) is 19.1. The van der Waals surface area contributed by atoms with Gasteiger partial charge in [0, 0.05) is 30.5 Å². The maximum atomic E-state index is 12.8. The van der Waals surface area contributed by atoms with E-state index in [-0.39, 0.29) is 5.91 Å². The Labute approximate surface area is 173 Å². The molecular weight excluding hydrogens is 392 g/mol. The van der Waals surface area contributed by atoms with Gasteiger partial charge in [0.25, 0.3) is 0 Å². The second-order valence-corrected chi connectivity index (χ2v) is 9.04. The highest BCUT2D eigenvalue weighted by Crippen LogP contribution is 2.35. The van der Waals surface area contributed by atoms with Gasteiger partial charge in [-0.25, -0.2) is 4.98 Å². The number of rotatable bonds is 3. The van der Waals surface area contributed by atoms with Gasteiger partial charge in [-0.3, -0.25) is 4.79 Å². The summed E-state index contributed by atoms with van der Waals surface area (Å²) in [7, 11) is 0. The van der Waals surface area contributed by atoms with Crippen molar-refractivity contribution in [2.75, 3.05) is 19.7 Å². The van der Waals surface area contributed by atoms with Crippen molar-refractivity contribution in [2.24, 2.45) is 0 Å². The predicted molar refractivity (Wildman–Crippen MR) is 113 cm³/mol. The summed E-state index contributed by atoms with van der Waals surface area (Å²) in [6.45, 7) is 2.35. The summed E-state index contributed by atoms with van der Waals surface area (Å²) in [4.78, 5) is 19.5. The van der Waals surface area contributed by atoms with Crippen LogP contribution in [0.3, 0.4) is 0 Å². The van der Waals surface area contributed by atoms with E-state index in [4.69, 9.17) is 21.3 Å². The number of aromatic nitrogens is 1. The lowest BCUT2D eigenvalue weighted by Crippen LogP contribution is -2.38. The summed E-state index contributed by atoms with van der Waals surface area (Å²) in [6, 6.07) is 12.0. The van der Waals surface area contributed by atoms with Crippen LogP contribution in [0.5, 0.6) is 5.75 Å². The Balaban J connectivity index is 1.22. The van der Waals surface area contributed by atoms with Crippen molar-refractivity contribution < 1.29 is 9.53 Å². The number of halogens is 1. The van der Waals surface area contributed by atoms with Crippen LogP contribution >= 0.6 is 22.9 Å². The van der Waals surface area contributed by atoms with Crippen LogP contribution in [0.25, 0.3) is 10.2 Å². The highest BCUT2D eigenvalue weighted by Gasteiger charge is 2.26. The van der Waals surface area contributed by atoms with Gasteiger partial charge >= 0.3 is 0 Å². The smallest absolute Gasteiger partial charge is 0.226 e. The monoisotopic (exact) mass is 412 g/mol. The number of ether oxygens (including phenoxy) is 1. The van der Waals surface area contributed by atoms with Gasteiger partial charge in [0.1, 0.15) is 5.75 Å². The van der Waals surface area contributed by atoms with Crippen LogP contribution in [0.1, 0.15) is 34.9 Å². The van der Waals surface area contributed by atoms with E-state index in [9.17, 15) is 4.79 Å². The lowest BCUT2D eigenvalue weighted by molar-refractivity contribution is -0.131. The minimum Gasteiger partial charge on any atom is -0.493 e. The largest absolute Gasteiger partial charge is 0.493 e. The first-order chi connectivity index (χ1) is 13.7. The number of benzene rings is 2. The summed E-state index contributed by atoms with van der Waals surface area (Å²) in [5.74, 6) is 1.61. The van der Waals surface area contributed by atoms with Crippen LogP contribution in [0.15, 0.2) is 36.4 Å². The highest BCUT2D eigenvalue weighted by atomic mass is 35.5. The maximum Gasteiger partial charge on any atom is 0.226 e. The molecule has 2 aliphatic heterocycles. The number of fused-ring (bicyclic) bond motifs is 2. The molecule has 0 saturated carbocycles. The molecule has 2 aliphatic rings. The number of hydrogen-bond donors (Lipinski definition) is 0. The first kappa shape index (κ1) is 18.0. The first-order valence-electron chi connectivity index (χ1n) is 9.74. The van der Waals surface area contributed by atoms with Crippen molar-refractivity contribution in [3.8, 4) is 5.75 Å². The topological polar surface area (TPSA) is 42.4 Å². The second kappa shape index (κ2) is 7.37. The van der Waals surface area contributed by atoms with Crippen LogP contribution in [-0.4, -0.2) is 35.5 Å². The molecule has 5 rings (SSSR count). The molecule has 6 heteroatoms. The number of amides is 1. The van der Waals surface area contributed by atoms with Crippen molar-refractivity contribution in [3.05, 3.63) is 57.6 Å². The molecule has 1 saturated heterocycles. The summed E-state index contributed by atoms with van der Waals surface area (Å²) in [5, 5.41) is 1.89. The summed E-state index contributed by atoms with van der Waals surface area (Å²) < 4.78 is 6.73. The standard InChI is InChI=1S/C22H21ClN2O2S/c23-17-2-4-20-18(13-17)24-22(28-20)15-5-8-25(9-6-15)21(26)12-14-1-3-19-16(11-14)7-10-27-19/h1-4,11,13,15H,5-10,12H2. The third-order valence-electron chi connectivity index (χ3n) is 5.67. The third kappa shape index (κ3) is 3.49. The average Bonchev–Trinajstić information content (AvgIpc) is 3.34. The number of carbonyl (C=O) groups is 1. The Bertz CT molecular complexity index is 1040. The van der Waals surface area contributed by atoms with Crippen molar-refractivity contribution in [2.45, 2.75) is 31.6 Å². The van der Waals surface area contributed by atoms with Crippen LogP contribution < -0.4 is 4.74 Å². The number of nitrogens with zero attached hydrogens (tertiary/aromatic N) is 2. The first-order valence-corrected chi connectivity index (χ1v) is 10.9. The van der Waals surface area contributed by atoms with Gasteiger partial charge < -0.3 is 9.64 Å². The fourth-order valence-electron chi connectivity index (χ4n) is 4.11. The number of likely N-dealkylation sites (tertiary alicyclic amines) is 1. The van der Waals surface area contributed by atoms with Crippen molar-refractivity contribution in [1.82, 2.24) is 9.88 Å². The summed E-state index contributed by atoms with van der Waals surface area (Å²) in [6.07, 6.45) is 3.35. The molecule has 0 N–H and O–H groups in total. The molecule has 4 nitrogen and oxygen atoms in total. The van der Waals surface area contributed by atoms with Gasteiger partial charge in [0.15, 0.2) is 0 Å². The molecule has 0 unspecified atom stereocenters. The van der Waals surface area contributed by atoms with E-state index >= 15 is 0 Å². The van der Waals surface area contributed by atoms with Gasteiger partial charge in [0.2, 0.25) is 5.91 Å². The predicted octanol–water partition coefficient (Wildman–Crippen LogP) is 4.83. The normalized spacial score (nSPS) is 17.0. The highest BCUT2D eigenvalue weighted by molar-refractivity contribution is 7.18. The SMILES string of the molecule is O=C(Cc1ccc2c(c1)CCO2)N1CCC(c2nc3cc(Cl)ccc3s2)CC1. The van der Waals surface area contributed by atoms with Crippen LogP contribution in [-0.2, 0) is 17.6 Å². The van der Waals surface area contributed by atoms with E-state index in [1.165, 1.54) is 15.3 Å². The Morgan fingerprint density at radius 3 is 2.93 bits per heavy atom. The van der Waals surface area contributed by atoms with E-state index in [0.717, 1.165) is 60.8 Å². The lowest BCUT2D eigenvalue weighted by atomic mass is 9.97. The van der Waals surface area contributed by atoms with Crippen molar-refractivity contribution in [3.63, 3.8) is 0 Å². The third-order valence-corrected chi connectivity index (χ3v) is 7.11. The molecule has 1 aromatic heterocycles. The minimum atomic E-state index is 0.216. The zero-order valence-corrected chi connectivity index (χ0v) is 17.1. The van der Waals surface area contributed by atoms with Gasteiger partial charge in [-0.15, -0.1) is 11.3 Å². The van der Waals surface area contributed by atoms with E-state index in [0.29, 0.717) is 12.3 Å². The van der Waals surface area contributed by atoms with Gasteiger partial charge in [-0.05, 0) is 48.2 Å². The van der Waals surface area contributed by atoms with E-state index in [1.807, 2.05) is 35.2 Å². The van der Waals surface area contributed by atoms with E-state index in [2.05, 4.69) is 6.07 Å². The number of hydrogen-bond acceptors (Lipinski definition) is 4. The molecular formula is C22H21ClN2O2S. The molecule has 3 aromatic rings. The van der Waals surface area contributed by atoms with Gasteiger partial charge in [-0.1, -0.05) is 23.7 Å². The molecule has 0 aliphatic carbocycles. The zero-order valence-electron chi connectivity index (χ0n) is 15.5. The summed E-state index contributed by atoms with van der Waals surface area (Å²) >= 11 is 7.83. The molecule has 1 fully saturated rings. The average molecular weight is 413 g/mol. The Hall–Kier alpha value is -2.11. The summed E-state index contributed by atoms with van der Waals surface area (Å²) in [5.41, 5.74) is 3.28. The molecule has 0 spiro atoms. The van der Waals surface area contributed by atoms with Gasteiger partial charge in [0.05, 0.1) is 28.3 Å². The molecule has 28 heavy (non-hydrogen) atoms. The lowest BCUT2D eigenvalue weighted by Gasteiger charge is -2.31. The molecule has 0 bridgehead atoms. The van der Waals surface area contributed by atoms with Crippen LogP contribution in [0.4, 0.5) is 0 Å². The maximum absolute atomic E-state index is 12.8. The molecule has 2 aromatic carbocycles. The second-order valence-electron chi connectivity index (χ2n) is 7.54. The van der Waals surface area contributed by atoms with Crippen LogP contribution in [0, 0.1) is 0 Å². The fourth-order valence-corrected chi connectivity index (χ4v) is 5.39. The Morgan fingerprint density at radius 2 is 2.07 bits per heavy atom. The molecule has 144 valence electrons. The Kier molecular flexibility index (Phi) is 4.73. The fraction of sp³-hybridized carbons (Fsp3) is 0.364. The molecule has 0 radical (unpaired) electrons. The van der Waals surface area contributed by atoms with Gasteiger partial charge in [-0.2, -0.15) is 0 Å². The number of thiazole rings is 1. The molecule has 0 atom stereocenters. The molecule has 3 heterocycles. The van der Waals surface area contributed by atoms with E-state index < -0.39 is 0 Å². The number of piperidine rings is 1. The van der Waals surface area contributed by atoms with E-state index in [1.54, 1.807) is 11.3 Å². The minimum absolute atomic E-state index is 0.216. The number of carbonyl (C=O) groups excluding carboxylic acids is 1. The van der Waals surface area contributed by atoms with Crippen molar-refractivity contribution >= 4 is 39.1 Å². The van der Waals surface area contributed by atoms with Crippen LogP contribution in [0.2, 0.25) is 5.02 Å². The quantitative estimate of drug-likeness (QED) is 0.618. The molecule has 1 amide bonds. The Morgan fingerprint density at radius 1 is 1.21 bits per heavy atom.